The van der Waals surface area contributed by atoms with E-state index in [1.165, 1.54) is 15.9 Å². The molecule has 0 saturated carbocycles. The summed E-state index contributed by atoms with van der Waals surface area (Å²) in [5, 5.41) is 11.8. The Morgan fingerprint density at radius 2 is 2.04 bits per heavy atom. The summed E-state index contributed by atoms with van der Waals surface area (Å²) in [6.07, 6.45) is 3.15. The maximum atomic E-state index is 12.7. The molecule has 28 heavy (non-hydrogen) atoms. The lowest BCUT2D eigenvalue weighted by molar-refractivity contribution is -0.131. The fraction of sp³-hybridized carbons (Fsp3) is 0.400. The Kier molecular flexibility index (Phi) is 4.85. The van der Waals surface area contributed by atoms with Crippen molar-refractivity contribution in [3.8, 4) is 11.4 Å². The molecule has 0 fully saturated rings. The van der Waals surface area contributed by atoms with Crippen molar-refractivity contribution in [2.45, 2.75) is 45.8 Å². The molecule has 3 aromatic rings. The first kappa shape index (κ1) is 18.2. The van der Waals surface area contributed by atoms with Gasteiger partial charge in [0.05, 0.1) is 12.2 Å². The third-order valence-electron chi connectivity index (χ3n) is 5.26. The van der Waals surface area contributed by atoms with Crippen LogP contribution < -0.4 is 5.69 Å². The van der Waals surface area contributed by atoms with Gasteiger partial charge in [0, 0.05) is 24.8 Å². The van der Waals surface area contributed by atoms with Crippen molar-refractivity contribution in [2.75, 3.05) is 7.05 Å². The molecule has 0 spiro atoms. The maximum absolute atomic E-state index is 12.7. The van der Waals surface area contributed by atoms with Crippen molar-refractivity contribution in [1.29, 1.82) is 0 Å². The number of rotatable bonds is 6. The maximum Gasteiger partial charge on any atom is 0.346 e. The second-order valence-electron chi connectivity index (χ2n) is 7.10. The minimum atomic E-state index is -0.274. The van der Waals surface area contributed by atoms with Gasteiger partial charge in [-0.15, -0.1) is 5.10 Å². The molecule has 0 atom stereocenters. The van der Waals surface area contributed by atoms with Crippen molar-refractivity contribution in [3.05, 3.63) is 57.8 Å². The van der Waals surface area contributed by atoms with Crippen LogP contribution in [0.15, 0.2) is 35.1 Å². The van der Waals surface area contributed by atoms with Crippen LogP contribution in [0.5, 0.6) is 0 Å². The molecular weight excluding hydrogens is 356 g/mol. The first-order valence-electron chi connectivity index (χ1n) is 9.60. The third kappa shape index (κ3) is 3.26. The summed E-state index contributed by atoms with van der Waals surface area (Å²) in [6, 6.07) is 9.54. The van der Waals surface area contributed by atoms with Crippen LogP contribution in [0.3, 0.4) is 0 Å². The highest BCUT2D eigenvalue weighted by atomic mass is 16.2. The van der Waals surface area contributed by atoms with E-state index in [1.54, 1.807) is 16.5 Å². The zero-order valence-corrected chi connectivity index (χ0v) is 16.2. The molecule has 8 nitrogen and oxygen atoms in total. The number of aromatic nitrogens is 5. The Labute approximate surface area is 162 Å². The van der Waals surface area contributed by atoms with E-state index in [4.69, 9.17) is 0 Å². The smallest absolute Gasteiger partial charge is 0.338 e. The summed E-state index contributed by atoms with van der Waals surface area (Å²) in [7, 11) is 1.73. The second kappa shape index (κ2) is 7.46. The molecule has 2 aromatic heterocycles. The Bertz CT molecular complexity index is 1050. The number of aryl methyl sites for hydroxylation is 1. The van der Waals surface area contributed by atoms with Crippen LogP contribution in [-0.4, -0.2) is 42.4 Å². The summed E-state index contributed by atoms with van der Waals surface area (Å²) in [6.45, 7) is 2.73. The number of nitrogens with zero attached hydrogens (tertiary/aromatic N) is 5. The van der Waals surface area contributed by atoms with Crippen LogP contribution in [-0.2, 0) is 37.3 Å². The molecule has 1 aliphatic carbocycles. The van der Waals surface area contributed by atoms with E-state index in [2.05, 4.69) is 15.3 Å². The molecule has 1 amide bonds. The predicted molar refractivity (Wildman–Crippen MR) is 105 cm³/mol. The average molecular weight is 380 g/mol. The number of hydrogen-bond acceptors (Lipinski definition) is 4. The molecule has 146 valence electrons. The summed E-state index contributed by atoms with van der Waals surface area (Å²) in [5.41, 5.74) is 3.91. The van der Waals surface area contributed by atoms with Crippen molar-refractivity contribution in [2.24, 2.45) is 0 Å². The molecule has 4 rings (SSSR count). The highest BCUT2D eigenvalue weighted by molar-refractivity contribution is 5.75. The molecule has 2 heterocycles. The molecular formula is C20H24N6O2. The van der Waals surface area contributed by atoms with Gasteiger partial charge in [0.15, 0.2) is 5.82 Å². The number of H-pyrrole nitrogens is 1. The Hall–Kier alpha value is -3.16. The van der Waals surface area contributed by atoms with Gasteiger partial charge in [-0.25, -0.2) is 9.48 Å². The Morgan fingerprint density at radius 1 is 1.25 bits per heavy atom. The van der Waals surface area contributed by atoms with Crippen LogP contribution in [0.2, 0.25) is 0 Å². The average Bonchev–Trinajstić information content (AvgIpc) is 3.39. The van der Waals surface area contributed by atoms with E-state index in [1.807, 2.05) is 37.3 Å². The molecule has 0 unspecified atom stereocenters. The van der Waals surface area contributed by atoms with Crippen LogP contribution in [0, 0.1) is 0 Å². The highest BCUT2D eigenvalue weighted by Gasteiger charge is 2.22. The predicted octanol–water partition coefficient (Wildman–Crippen LogP) is 1.60. The number of benzene rings is 1. The lowest BCUT2D eigenvalue weighted by atomic mass is 10.2. The number of amides is 1. The lowest BCUT2D eigenvalue weighted by Gasteiger charge is -2.16. The lowest BCUT2D eigenvalue weighted by Crippen LogP contribution is -2.35. The minimum absolute atomic E-state index is 0.0885. The number of fused-ring (bicyclic) bond motifs is 1. The van der Waals surface area contributed by atoms with Gasteiger partial charge in [0.1, 0.15) is 6.54 Å². The zero-order valence-electron chi connectivity index (χ0n) is 16.2. The highest BCUT2D eigenvalue weighted by Crippen LogP contribution is 2.23. The van der Waals surface area contributed by atoms with Gasteiger partial charge >= 0.3 is 5.69 Å². The Balaban J connectivity index is 1.52. The molecule has 0 aliphatic heterocycles. The number of hydrogen-bond donors (Lipinski definition) is 1. The first-order chi connectivity index (χ1) is 13.6. The fourth-order valence-electron chi connectivity index (χ4n) is 3.71. The monoisotopic (exact) mass is 380 g/mol. The van der Waals surface area contributed by atoms with E-state index >= 15 is 0 Å². The quantitative estimate of drug-likeness (QED) is 0.703. The molecule has 1 aliphatic rings. The van der Waals surface area contributed by atoms with Gasteiger partial charge < -0.3 is 4.90 Å². The normalized spacial score (nSPS) is 12.9. The first-order valence-corrected chi connectivity index (χ1v) is 9.60. The number of carbonyl (C=O) groups excluding carboxylic acids is 1. The second-order valence-corrected chi connectivity index (χ2v) is 7.10. The van der Waals surface area contributed by atoms with Gasteiger partial charge in [0.2, 0.25) is 5.91 Å². The van der Waals surface area contributed by atoms with E-state index in [0.717, 1.165) is 30.5 Å². The molecule has 1 aromatic carbocycles. The standard InChI is InChI=1S/C20H24N6O2/c1-3-25-19(14-8-5-4-6-9-14)23-26(20(25)28)13-18(27)24(2)12-17-15-10-7-11-16(15)21-22-17/h4-6,8-9H,3,7,10-13H2,1-2H3,(H,21,22). The van der Waals surface area contributed by atoms with E-state index in [-0.39, 0.29) is 18.1 Å². The van der Waals surface area contributed by atoms with Gasteiger partial charge in [-0.05, 0) is 31.7 Å². The van der Waals surface area contributed by atoms with Gasteiger partial charge in [-0.3, -0.25) is 14.5 Å². The molecule has 0 bridgehead atoms. The number of likely N-dealkylation sites (N-methyl/N-ethyl adjacent to an activating group) is 1. The topological polar surface area (TPSA) is 88.8 Å². The number of carbonyl (C=O) groups is 1. The largest absolute Gasteiger partial charge is 0.346 e. The molecule has 0 saturated heterocycles. The van der Waals surface area contributed by atoms with E-state index < -0.39 is 0 Å². The SMILES string of the molecule is CCn1c(-c2ccccc2)nn(CC(=O)N(C)Cc2n[nH]c3c2CCC3)c1=O. The van der Waals surface area contributed by atoms with Crippen LogP contribution in [0.1, 0.15) is 30.3 Å². The summed E-state index contributed by atoms with van der Waals surface area (Å²) < 4.78 is 2.84. The summed E-state index contributed by atoms with van der Waals surface area (Å²) >= 11 is 0. The van der Waals surface area contributed by atoms with Crippen molar-refractivity contribution < 1.29 is 4.79 Å². The Morgan fingerprint density at radius 3 is 2.79 bits per heavy atom. The summed E-state index contributed by atoms with van der Waals surface area (Å²) in [5.74, 6) is 0.408. The van der Waals surface area contributed by atoms with Crippen LogP contribution in [0.25, 0.3) is 11.4 Å². The van der Waals surface area contributed by atoms with E-state index in [9.17, 15) is 9.59 Å². The number of aromatic amines is 1. The molecule has 1 N–H and O–H groups in total. The number of nitrogens with one attached hydrogen (secondary N) is 1. The van der Waals surface area contributed by atoms with Gasteiger partial charge in [0.25, 0.3) is 0 Å². The minimum Gasteiger partial charge on any atom is -0.338 e. The third-order valence-corrected chi connectivity index (χ3v) is 5.26. The van der Waals surface area contributed by atoms with Crippen molar-refractivity contribution in [1.82, 2.24) is 29.4 Å². The zero-order chi connectivity index (χ0) is 19.7. The van der Waals surface area contributed by atoms with Crippen molar-refractivity contribution >= 4 is 5.91 Å². The molecule has 8 heteroatoms. The van der Waals surface area contributed by atoms with Gasteiger partial charge in [-0.1, -0.05) is 30.3 Å². The molecule has 0 radical (unpaired) electrons. The van der Waals surface area contributed by atoms with E-state index in [0.29, 0.717) is 18.9 Å². The van der Waals surface area contributed by atoms with Crippen molar-refractivity contribution in [3.63, 3.8) is 0 Å². The van der Waals surface area contributed by atoms with Crippen LogP contribution in [0.4, 0.5) is 0 Å². The van der Waals surface area contributed by atoms with Gasteiger partial charge in [-0.2, -0.15) is 5.10 Å². The summed E-state index contributed by atoms with van der Waals surface area (Å²) in [4.78, 5) is 27.0. The van der Waals surface area contributed by atoms with Crippen LogP contribution >= 0.6 is 0 Å². The fourth-order valence-corrected chi connectivity index (χ4v) is 3.71.